The van der Waals surface area contributed by atoms with Gasteiger partial charge >= 0.3 is 0 Å². The second kappa shape index (κ2) is 7.23. The second-order valence-electron chi connectivity index (χ2n) is 6.68. The van der Waals surface area contributed by atoms with Crippen LogP contribution in [0.2, 0.25) is 4.34 Å². The van der Waals surface area contributed by atoms with Crippen LogP contribution in [-0.4, -0.2) is 45.7 Å². The molecule has 2 heterocycles. The van der Waals surface area contributed by atoms with E-state index in [1.165, 1.54) is 25.0 Å². The summed E-state index contributed by atoms with van der Waals surface area (Å²) in [6.07, 6.45) is 6.56. The molecule has 1 aromatic rings. The van der Waals surface area contributed by atoms with E-state index in [2.05, 4.69) is 5.32 Å². The Morgan fingerprint density at radius 2 is 1.75 bits per heavy atom. The number of sulfone groups is 2. The minimum Gasteiger partial charge on any atom is -0.309 e. The molecule has 5 nitrogen and oxygen atoms in total. The van der Waals surface area contributed by atoms with E-state index < -0.39 is 31.0 Å². The van der Waals surface area contributed by atoms with Crippen molar-refractivity contribution in [3.05, 3.63) is 16.5 Å². The van der Waals surface area contributed by atoms with E-state index in [0.29, 0.717) is 4.34 Å². The maximum Gasteiger partial charge on any atom is 0.193 e. The highest BCUT2D eigenvalue weighted by Gasteiger charge is 2.46. The molecule has 2 fully saturated rings. The van der Waals surface area contributed by atoms with Crippen LogP contribution in [0.4, 0.5) is 0 Å². The lowest BCUT2D eigenvalue weighted by Crippen LogP contribution is -2.47. The number of rotatable bonds is 4. The minimum absolute atomic E-state index is 0.105. The summed E-state index contributed by atoms with van der Waals surface area (Å²) in [6.45, 7) is 0. The van der Waals surface area contributed by atoms with Crippen LogP contribution < -0.4 is 5.32 Å². The zero-order chi connectivity index (χ0) is 17.4. The van der Waals surface area contributed by atoms with E-state index in [-0.39, 0.29) is 21.8 Å². The lowest BCUT2D eigenvalue weighted by molar-refractivity contribution is 0.409. The van der Waals surface area contributed by atoms with E-state index in [4.69, 9.17) is 11.6 Å². The van der Waals surface area contributed by atoms with Gasteiger partial charge in [0.1, 0.15) is 4.21 Å². The van der Waals surface area contributed by atoms with Gasteiger partial charge in [0.2, 0.25) is 0 Å². The Morgan fingerprint density at radius 3 is 2.33 bits per heavy atom. The Bertz CT molecular complexity index is 779. The number of hydrogen-bond donors (Lipinski definition) is 1. The highest BCUT2D eigenvalue weighted by Crippen LogP contribution is 2.33. The second-order valence-corrected chi connectivity index (χ2v) is 12.9. The molecule has 1 aliphatic carbocycles. The molecule has 9 heteroatoms. The first-order valence-corrected chi connectivity index (χ1v) is 12.8. The van der Waals surface area contributed by atoms with Crippen molar-refractivity contribution in [2.45, 2.75) is 60.1 Å². The summed E-state index contributed by atoms with van der Waals surface area (Å²) in [7, 11) is -7.06. The van der Waals surface area contributed by atoms with E-state index in [9.17, 15) is 16.8 Å². The monoisotopic (exact) mass is 411 g/mol. The quantitative estimate of drug-likeness (QED) is 0.770. The van der Waals surface area contributed by atoms with Gasteiger partial charge in [-0.15, -0.1) is 11.3 Å². The summed E-state index contributed by atoms with van der Waals surface area (Å²) in [4.78, 5) is 0. The molecular weight excluding hydrogens is 390 g/mol. The van der Waals surface area contributed by atoms with Crippen LogP contribution in [0.5, 0.6) is 0 Å². The molecule has 136 valence electrons. The van der Waals surface area contributed by atoms with Crippen molar-refractivity contribution in [2.75, 3.05) is 11.5 Å². The first-order valence-electron chi connectivity index (χ1n) is 8.24. The summed E-state index contributed by atoms with van der Waals surface area (Å²) < 4.78 is 50.6. The number of hydrogen-bond acceptors (Lipinski definition) is 6. The number of thiophene rings is 1. The molecule has 24 heavy (non-hydrogen) atoms. The third kappa shape index (κ3) is 4.15. The summed E-state index contributed by atoms with van der Waals surface area (Å²) in [6, 6.07) is 2.67. The van der Waals surface area contributed by atoms with E-state index >= 15 is 0 Å². The average molecular weight is 412 g/mol. The molecular formula is C15H22ClNO4S3. The van der Waals surface area contributed by atoms with E-state index in [1.54, 1.807) is 0 Å². The van der Waals surface area contributed by atoms with Gasteiger partial charge in [-0.25, -0.2) is 16.8 Å². The SMILES string of the molecule is O=S1(=O)C[C@H](NC2CCCCCC2)[C@@H](S(=O)(=O)c2ccc(Cl)s2)C1. The highest BCUT2D eigenvalue weighted by atomic mass is 35.5. The van der Waals surface area contributed by atoms with E-state index in [1.807, 2.05) is 0 Å². The highest BCUT2D eigenvalue weighted by molar-refractivity contribution is 7.97. The predicted octanol–water partition coefficient (Wildman–Crippen LogP) is 2.65. The van der Waals surface area contributed by atoms with Gasteiger partial charge in [-0.05, 0) is 25.0 Å². The van der Waals surface area contributed by atoms with Gasteiger partial charge in [-0.2, -0.15) is 0 Å². The fourth-order valence-corrected chi connectivity index (χ4v) is 10.0. The molecule has 0 amide bonds. The van der Waals surface area contributed by atoms with Crippen LogP contribution in [0.1, 0.15) is 38.5 Å². The van der Waals surface area contributed by atoms with Gasteiger partial charge in [0.15, 0.2) is 19.7 Å². The molecule has 1 N–H and O–H groups in total. The van der Waals surface area contributed by atoms with Crippen molar-refractivity contribution >= 4 is 42.6 Å². The van der Waals surface area contributed by atoms with Gasteiger partial charge < -0.3 is 5.32 Å². The van der Waals surface area contributed by atoms with Crippen LogP contribution in [-0.2, 0) is 19.7 Å². The van der Waals surface area contributed by atoms with Gasteiger partial charge in [0.05, 0.1) is 21.1 Å². The van der Waals surface area contributed by atoms with Crippen LogP contribution in [0.25, 0.3) is 0 Å². The Labute approximate surface area is 152 Å². The molecule has 2 aliphatic rings. The molecule has 3 rings (SSSR count). The van der Waals surface area contributed by atoms with Crippen molar-refractivity contribution < 1.29 is 16.8 Å². The van der Waals surface area contributed by atoms with Crippen molar-refractivity contribution in [1.82, 2.24) is 5.32 Å². The molecule has 0 unspecified atom stereocenters. The average Bonchev–Trinajstić information content (AvgIpc) is 2.95. The fourth-order valence-electron chi connectivity index (χ4n) is 3.63. The number of nitrogens with one attached hydrogen (secondary N) is 1. The third-order valence-corrected chi connectivity index (χ3v) is 10.7. The van der Waals surface area contributed by atoms with Crippen molar-refractivity contribution in [2.24, 2.45) is 0 Å². The molecule has 0 bridgehead atoms. The zero-order valence-electron chi connectivity index (χ0n) is 13.3. The van der Waals surface area contributed by atoms with Gasteiger partial charge in [0, 0.05) is 12.1 Å². The van der Waals surface area contributed by atoms with Crippen LogP contribution in [0, 0.1) is 0 Å². The molecule has 0 radical (unpaired) electrons. The Hall–Kier alpha value is -0.150. The molecule has 0 spiro atoms. The number of halogens is 1. The van der Waals surface area contributed by atoms with Crippen molar-refractivity contribution in [3.8, 4) is 0 Å². The molecule has 1 saturated carbocycles. The summed E-state index contributed by atoms with van der Waals surface area (Å²) in [5, 5.41) is 2.43. The minimum atomic E-state index is -3.71. The summed E-state index contributed by atoms with van der Waals surface area (Å²) in [5.41, 5.74) is 0. The lowest BCUT2D eigenvalue weighted by atomic mass is 10.1. The predicted molar refractivity (Wildman–Crippen MR) is 97.4 cm³/mol. The van der Waals surface area contributed by atoms with Gasteiger partial charge in [-0.1, -0.05) is 37.3 Å². The standard InChI is InChI=1S/C15H22ClNO4S3/c16-14-7-8-15(22-14)24(20,21)13-10-23(18,19)9-12(13)17-11-5-3-1-2-4-6-11/h7-8,11-13,17H,1-6,9-10H2/t12-,13-/m0/s1. The molecule has 2 atom stereocenters. The molecule has 1 aliphatic heterocycles. The van der Waals surface area contributed by atoms with Crippen molar-refractivity contribution in [1.29, 1.82) is 0 Å². The van der Waals surface area contributed by atoms with Crippen molar-refractivity contribution in [3.63, 3.8) is 0 Å². The maximum atomic E-state index is 12.9. The largest absolute Gasteiger partial charge is 0.309 e. The maximum absolute atomic E-state index is 12.9. The summed E-state index contributed by atoms with van der Waals surface area (Å²) in [5.74, 6) is -0.415. The van der Waals surface area contributed by atoms with Crippen LogP contribution in [0.3, 0.4) is 0 Å². The summed E-state index contributed by atoms with van der Waals surface area (Å²) >= 11 is 6.85. The molecule has 1 saturated heterocycles. The topological polar surface area (TPSA) is 80.3 Å². The lowest BCUT2D eigenvalue weighted by Gasteiger charge is -2.25. The first kappa shape index (κ1) is 18.6. The fraction of sp³-hybridized carbons (Fsp3) is 0.733. The zero-order valence-corrected chi connectivity index (χ0v) is 16.5. The van der Waals surface area contributed by atoms with Crippen LogP contribution in [0.15, 0.2) is 16.3 Å². The van der Waals surface area contributed by atoms with Crippen LogP contribution >= 0.6 is 22.9 Å². The molecule has 0 aromatic carbocycles. The first-order chi connectivity index (χ1) is 11.3. The molecule has 1 aromatic heterocycles. The van der Waals surface area contributed by atoms with Gasteiger partial charge in [0.25, 0.3) is 0 Å². The van der Waals surface area contributed by atoms with Gasteiger partial charge in [-0.3, -0.25) is 0 Å². The Morgan fingerprint density at radius 1 is 1.08 bits per heavy atom. The van der Waals surface area contributed by atoms with E-state index in [0.717, 1.165) is 37.0 Å². The Balaban J connectivity index is 1.83. The third-order valence-electron chi connectivity index (χ3n) is 4.83. The normalized spacial score (nSPS) is 28.7. The Kier molecular flexibility index (Phi) is 5.61. The smallest absolute Gasteiger partial charge is 0.193 e.